The van der Waals surface area contributed by atoms with Crippen LogP contribution in [0.15, 0.2) is 17.1 Å². The highest BCUT2D eigenvalue weighted by atomic mass is 19.1. The molecule has 0 radical (unpaired) electrons. The Balaban J connectivity index is 2.13. The van der Waals surface area contributed by atoms with E-state index >= 15 is 4.39 Å². The minimum Gasteiger partial charge on any atom is -0.477 e. The summed E-state index contributed by atoms with van der Waals surface area (Å²) in [6.07, 6.45) is 2.65. The minimum absolute atomic E-state index is 0.0577. The van der Waals surface area contributed by atoms with Crippen LogP contribution >= 0.6 is 0 Å². The van der Waals surface area contributed by atoms with E-state index in [1.807, 2.05) is 6.92 Å². The van der Waals surface area contributed by atoms with Crippen molar-refractivity contribution in [1.82, 2.24) is 9.88 Å². The molecule has 0 unspecified atom stereocenters. The summed E-state index contributed by atoms with van der Waals surface area (Å²) in [4.78, 5) is 25.3. The number of aryl methyl sites for hydroxylation is 1. The largest absolute Gasteiger partial charge is 0.477 e. The first kappa shape index (κ1) is 19.3. The number of fused-ring (bicyclic) bond motifs is 1. The number of anilines is 1. The average Bonchev–Trinajstić information content (AvgIpc) is 2.64. The summed E-state index contributed by atoms with van der Waals surface area (Å²) in [5.74, 6) is -3.08. The van der Waals surface area contributed by atoms with E-state index in [0.717, 1.165) is 31.6 Å². The van der Waals surface area contributed by atoms with Crippen LogP contribution in [-0.2, 0) is 6.54 Å². The smallest absolute Gasteiger partial charge is 0.341 e. The van der Waals surface area contributed by atoms with Gasteiger partial charge in [-0.1, -0.05) is 6.92 Å². The standard InChI is InChI=1S/C19H23F2N3O3/c1-3-22-11-5-7-24(8-6-11)17-14(20)9-12-16(15(17)21)23(4-2)10-13(18(12)25)19(26)27/h9-11,22H,3-8H2,1-2H3,(H,26,27). The predicted octanol–water partition coefficient (Wildman–Crippen LogP) is 2.58. The van der Waals surface area contributed by atoms with Crippen molar-refractivity contribution in [1.29, 1.82) is 0 Å². The van der Waals surface area contributed by atoms with E-state index in [1.165, 1.54) is 4.57 Å². The Bertz CT molecular complexity index is 934. The number of pyridine rings is 1. The van der Waals surface area contributed by atoms with Crippen LogP contribution in [0.4, 0.5) is 14.5 Å². The highest BCUT2D eigenvalue weighted by Gasteiger charge is 2.27. The van der Waals surface area contributed by atoms with Crippen LogP contribution in [0.5, 0.6) is 0 Å². The Morgan fingerprint density at radius 1 is 1.30 bits per heavy atom. The second kappa shape index (κ2) is 7.64. The molecule has 2 aromatic rings. The van der Waals surface area contributed by atoms with Crippen LogP contribution < -0.4 is 15.6 Å². The SMILES string of the molecule is CCNC1CCN(c2c(F)cc3c(=O)c(C(=O)O)cn(CC)c3c2F)CC1. The zero-order chi connectivity index (χ0) is 19.7. The topological polar surface area (TPSA) is 74.6 Å². The first-order chi connectivity index (χ1) is 12.9. The molecule has 0 amide bonds. The summed E-state index contributed by atoms with van der Waals surface area (Å²) in [6.45, 7) is 5.82. The summed E-state index contributed by atoms with van der Waals surface area (Å²) in [6, 6.07) is 1.29. The van der Waals surface area contributed by atoms with Crippen molar-refractivity contribution in [3.05, 3.63) is 39.7 Å². The van der Waals surface area contributed by atoms with E-state index in [4.69, 9.17) is 0 Å². The number of aromatic nitrogens is 1. The molecule has 3 rings (SSSR count). The number of hydrogen-bond donors (Lipinski definition) is 2. The first-order valence-electron chi connectivity index (χ1n) is 9.15. The number of aromatic carboxylic acids is 1. The van der Waals surface area contributed by atoms with Crippen molar-refractivity contribution < 1.29 is 18.7 Å². The van der Waals surface area contributed by atoms with Crippen molar-refractivity contribution in [3.8, 4) is 0 Å². The van der Waals surface area contributed by atoms with Crippen molar-refractivity contribution in [2.75, 3.05) is 24.5 Å². The number of hydrogen-bond acceptors (Lipinski definition) is 4. The van der Waals surface area contributed by atoms with Gasteiger partial charge >= 0.3 is 5.97 Å². The van der Waals surface area contributed by atoms with Crippen LogP contribution in [0.1, 0.15) is 37.0 Å². The molecule has 1 fully saturated rings. The molecule has 1 aromatic carbocycles. The number of carboxylic acids is 1. The Labute approximate surface area is 155 Å². The number of carboxylic acid groups (broad SMARTS) is 1. The van der Waals surface area contributed by atoms with E-state index in [-0.39, 0.29) is 23.1 Å². The number of nitrogens with one attached hydrogen (secondary N) is 1. The molecule has 1 aromatic heterocycles. The van der Waals surface area contributed by atoms with Gasteiger partial charge in [0.25, 0.3) is 0 Å². The molecule has 8 heteroatoms. The summed E-state index contributed by atoms with van der Waals surface area (Å²) in [5, 5.41) is 12.3. The van der Waals surface area contributed by atoms with Gasteiger partial charge in [-0.25, -0.2) is 13.6 Å². The van der Waals surface area contributed by atoms with Crippen molar-refractivity contribution in [2.45, 2.75) is 39.3 Å². The number of nitrogens with zero attached hydrogens (tertiary/aromatic N) is 2. The quantitative estimate of drug-likeness (QED) is 0.835. The first-order valence-corrected chi connectivity index (χ1v) is 9.15. The third-order valence-corrected chi connectivity index (χ3v) is 5.10. The summed E-state index contributed by atoms with van der Waals surface area (Å²) in [5.41, 5.74) is -1.58. The Hall–Kier alpha value is -2.48. The molecular formula is C19H23F2N3O3. The lowest BCUT2D eigenvalue weighted by molar-refractivity contribution is 0.0695. The molecule has 1 aliphatic heterocycles. The van der Waals surface area contributed by atoms with Gasteiger partial charge in [0.1, 0.15) is 17.1 Å². The minimum atomic E-state index is -1.42. The molecule has 0 atom stereocenters. The molecule has 0 saturated carbocycles. The maximum atomic E-state index is 15.3. The lowest BCUT2D eigenvalue weighted by Crippen LogP contribution is -2.43. The zero-order valence-electron chi connectivity index (χ0n) is 15.4. The second-order valence-corrected chi connectivity index (χ2v) is 6.70. The fourth-order valence-electron chi connectivity index (χ4n) is 3.76. The molecule has 1 saturated heterocycles. The highest BCUT2D eigenvalue weighted by Crippen LogP contribution is 2.31. The van der Waals surface area contributed by atoms with E-state index in [2.05, 4.69) is 5.32 Å². The lowest BCUT2D eigenvalue weighted by atomic mass is 10.0. The van der Waals surface area contributed by atoms with Crippen LogP contribution in [0.25, 0.3) is 10.9 Å². The summed E-state index contributed by atoms with van der Waals surface area (Å²) >= 11 is 0. The van der Waals surface area contributed by atoms with Gasteiger partial charge in [-0.15, -0.1) is 0 Å². The van der Waals surface area contributed by atoms with Gasteiger partial charge < -0.3 is 19.9 Å². The molecule has 146 valence electrons. The fraction of sp³-hybridized carbons (Fsp3) is 0.474. The summed E-state index contributed by atoms with van der Waals surface area (Å²) in [7, 11) is 0. The van der Waals surface area contributed by atoms with Gasteiger partial charge in [0.15, 0.2) is 5.82 Å². The van der Waals surface area contributed by atoms with E-state index < -0.39 is 28.6 Å². The second-order valence-electron chi connectivity index (χ2n) is 6.70. The average molecular weight is 379 g/mol. The van der Waals surface area contributed by atoms with Gasteiger partial charge in [0.05, 0.1) is 10.9 Å². The van der Waals surface area contributed by atoms with Crippen LogP contribution in [-0.4, -0.2) is 41.3 Å². The Kier molecular flexibility index (Phi) is 5.46. The molecule has 0 spiro atoms. The predicted molar refractivity (Wildman–Crippen MR) is 99.7 cm³/mol. The van der Waals surface area contributed by atoms with Crippen molar-refractivity contribution >= 4 is 22.6 Å². The van der Waals surface area contributed by atoms with Crippen molar-refractivity contribution in [3.63, 3.8) is 0 Å². The lowest BCUT2D eigenvalue weighted by Gasteiger charge is -2.34. The maximum Gasteiger partial charge on any atom is 0.341 e. The third-order valence-electron chi connectivity index (χ3n) is 5.10. The van der Waals surface area contributed by atoms with E-state index in [9.17, 15) is 19.1 Å². The molecule has 6 nitrogen and oxygen atoms in total. The molecular weight excluding hydrogens is 356 g/mol. The van der Waals surface area contributed by atoms with Gasteiger partial charge in [-0.3, -0.25) is 4.79 Å². The van der Waals surface area contributed by atoms with Crippen LogP contribution in [0.2, 0.25) is 0 Å². The fourth-order valence-corrected chi connectivity index (χ4v) is 3.76. The van der Waals surface area contributed by atoms with E-state index in [0.29, 0.717) is 19.1 Å². The molecule has 1 aliphatic rings. The van der Waals surface area contributed by atoms with Gasteiger partial charge in [-0.05, 0) is 32.4 Å². The zero-order valence-corrected chi connectivity index (χ0v) is 15.4. The number of halogens is 2. The van der Waals surface area contributed by atoms with Gasteiger partial charge in [0, 0.05) is 31.9 Å². The molecule has 27 heavy (non-hydrogen) atoms. The molecule has 0 aliphatic carbocycles. The van der Waals surface area contributed by atoms with Crippen LogP contribution in [0, 0.1) is 11.6 Å². The van der Waals surface area contributed by atoms with Gasteiger partial charge in [0.2, 0.25) is 5.43 Å². The monoisotopic (exact) mass is 379 g/mol. The van der Waals surface area contributed by atoms with Gasteiger partial charge in [-0.2, -0.15) is 0 Å². The number of piperidine rings is 1. The van der Waals surface area contributed by atoms with Crippen molar-refractivity contribution in [2.24, 2.45) is 0 Å². The van der Waals surface area contributed by atoms with Crippen LogP contribution in [0.3, 0.4) is 0 Å². The summed E-state index contributed by atoms with van der Waals surface area (Å²) < 4.78 is 31.4. The Morgan fingerprint density at radius 2 is 1.96 bits per heavy atom. The normalized spacial score (nSPS) is 15.5. The maximum absolute atomic E-state index is 15.3. The molecule has 2 N–H and O–H groups in total. The number of carbonyl (C=O) groups is 1. The highest BCUT2D eigenvalue weighted by molar-refractivity contribution is 5.93. The third kappa shape index (κ3) is 3.41. The number of rotatable bonds is 5. The molecule has 0 bridgehead atoms. The van der Waals surface area contributed by atoms with E-state index in [1.54, 1.807) is 11.8 Å². The molecule has 2 heterocycles. The number of benzene rings is 1. The Morgan fingerprint density at radius 3 is 2.52 bits per heavy atom.